The van der Waals surface area contributed by atoms with Crippen molar-refractivity contribution in [2.45, 2.75) is 33.9 Å². The Morgan fingerprint density at radius 2 is 1.50 bits per heavy atom. The van der Waals surface area contributed by atoms with Gasteiger partial charge in [-0.2, -0.15) is 0 Å². The molecule has 2 aromatic carbocycles. The molecule has 26 heavy (non-hydrogen) atoms. The van der Waals surface area contributed by atoms with Gasteiger partial charge in [0.1, 0.15) is 0 Å². The minimum absolute atomic E-state index is 0.0881. The van der Waals surface area contributed by atoms with E-state index >= 15 is 0 Å². The van der Waals surface area contributed by atoms with E-state index < -0.39 is 0 Å². The first kappa shape index (κ1) is 17.8. The molecule has 0 saturated carbocycles. The summed E-state index contributed by atoms with van der Waals surface area (Å²) in [5.74, 6) is 6.95. The zero-order valence-electron chi connectivity index (χ0n) is 15.6. The lowest BCUT2D eigenvalue weighted by Gasteiger charge is -2.28. The molecule has 0 amide bonds. The third kappa shape index (κ3) is 3.78. The summed E-state index contributed by atoms with van der Waals surface area (Å²) < 4.78 is 0. The maximum Gasteiger partial charge on any atom is 0.199 e. The minimum atomic E-state index is -0.377. The van der Waals surface area contributed by atoms with Crippen molar-refractivity contribution >= 4 is 23.0 Å². The molecule has 3 rings (SSSR count). The summed E-state index contributed by atoms with van der Waals surface area (Å²) in [6.45, 7) is 7.75. The van der Waals surface area contributed by atoms with Gasteiger partial charge in [0.2, 0.25) is 0 Å². The first-order chi connectivity index (χ1) is 12.4. The molecule has 0 bridgehead atoms. The monoisotopic (exact) mass is 345 g/mol. The number of rotatable bonds is 3. The predicted molar refractivity (Wildman–Crippen MR) is 107 cm³/mol. The van der Waals surface area contributed by atoms with Gasteiger partial charge in [0.05, 0.1) is 5.69 Å². The predicted octanol–water partition coefficient (Wildman–Crippen LogP) is 4.29. The number of carbonyl (C=O) groups excluding carboxylic acids is 1. The van der Waals surface area contributed by atoms with Crippen molar-refractivity contribution < 1.29 is 4.79 Å². The summed E-state index contributed by atoms with van der Waals surface area (Å²) in [4.78, 5) is 14.2. The van der Waals surface area contributed by atoms with Crippen LogP contribution in [0.2, 0.25) is 0 Å². The molecular formula is C22H23N3O. The number of para-hydroxylation sites is 2. The maximum atomic E-state index is 12.3. The van der Waals surface area contributed by atoms with Crippen LogP contribution in [0.5, 0.6) is 0 Å². The van der Waals surface area contributed by atoms with Crippen LogP contribution in [-0.2, 0) is 4.79 Å². The summed E-state index contributed by atoms with van der Waals surface area (Å²) in [6, 6.07) is 19.6. The first-order valence-electron chi connectivity index (χ1n) is 8.67. The van der Waals surface area contributed by atoms with E-state index in [1.54, 1.807) is 0 Å². The molecule has 1 aliphatic rings. The number of anilines is 2. The van der Waals surface area contributed by atoms with E-state index in [4.69, 9.17) is 0 Å². The minimum Gasteiger partial charge on any atom is -0.291 e. The van der Waals surface area contributed by atoms with Gasteiger partial charge in [-0.05, 0) is 45.0 Å². The van der Waals surface area contributed by atoms with E-state index in [2.05, 4.69) is 37.7 Å². The lowest BCUT2D eigenvalue weighted by Crippen LogP contribution is -2.43. The van der Waals surface area contributed by atoms with Gasteiger partial charge >= 0.3 is 0 Å². The van der Waals surface area contributed by atoms with Gasteiger partial charge < -0.3 is 0 Å². The maximum absolute atomic E-state index is 12.3. The highest BCUT2D eigenvalue weighted by atomic mass is 16.1. The van der Waals surface area contributed by atoms with Crippen LogP contribution in [0.15, 0.2) is 65.8 Å². The van der Waals surface area contributed by atoms with Crippen molar-refractivity contribution in [2.75, 3.05) is 9.91 Å². The van der Waals surface area contributed by atoms with E-state index in [1.165, 1.54) is 6.92 Å². The van der Waals surface area contributed by atoms with Gasteiger partial charge in [-0.3, -0.25) is 9.69 Å². The Morgan fingerprint density at radius 1 is 0.962 bits per heavy atom. The molecule has 4 heteroatoms. The van der Waals surface area contributed by atoms with Gasteiger partial charge in [0, 0.05) is 18.0 Å². The number of hydrogen-bond acceptors (Lipinski definition) is 4. The van der Waals surface area contributed by atoms with E-state index in [-0.39, 0.29) is 17.4 Å². The van der Waals surface area contributed by atoms with Crippen molar-refractivity contribution in [3.05, 3.63) is 60.7 Å². The molecule has 0 radical (unpaired) electrons. The second kappa shape index (κ2) is 7.05. The Hall–Kier alpha value is -3.06. The Morgan fingerprint density at radius 3 is 2.00 bits per heavy atom. The van der Waals surface area contributed by atoms with Crippen molar-refractivity contribution in [1.82, 2.24) is 0 Å². The van der Waals surface area contributed by atoms with E-state index in [0.29, 0.717) is 5.84 Å². The molecule has 1 heterocycles. The smallest absolute Gasteiger partial charge is 0.199 e. The Labute approximate surface area is 155 Å². The van der Waals surface area contributed by atoms with Crippen molar-refractivity contribution in [3.8, 4) is 11.8 Å². The quantitative estimate of drug-likeness (QED) is 0.779. The third-order valence-corrected chi connectivity index (χ3v) is 3.85. The number of carbonyl (C=O) groups is 1. The molecule has 0 aromatic heterocycles. The number of Topliss-reactive ketones (excluding diaryl/α,β-unsaturated/α-hetero) is 1. The topological polar surface area (TPSA) is 35.9 Å². The summed E-state index contributed by atoms with van der Waals surface area (Å²) in [5, 5.41) is 6.44. The molecule has 1 aliphatic heterocycles. The zero-order chi connectivity index (χ0) is 18.7. The molecule has 2 aromatic rings. The van der Waals surface area contributed by atoms with E-state index in [0.717, 1.165) is 11.4 Å². The molecule has 0 unspecified atom stereocenters. The largest absolute Gasteiger partial charge is 0.291 e. The number of nitrogens with zero attached hydrogens (tertiary/aromatic N) is 3. The lowest BCUT2D eigenvalue weighted by atomic mass is 9.98. The Balaban J connectivity index is 2.14. The molecule has 0 spiro atoms. The Kier molecular flexibility index (Phi) is 4.81. The van der Waals surface area contributed by atoms with Crippen LogP contribution in [0.3, 0.4) is 0 Å². The fraction of sp³-hybridized carbons (Fsp3) is 0.273. The molecular weight excluding hydrogens is 322 g/mol. The second-order valence-electron chi connectivity index (χ2n) is 7.26. The number of benzene rings is 2. The van der Waals surface area contributed by atoms with Crippen molar-refractivity contribution in [3.63, 3.8) is 0 Å². The molecule has 0 N–H and O–H groups in total. The van der Waals surface area contributed by atoms with Gasteiger partial charge in [-0.1, -0.05) is 48.2 Å². The first-order valence-corrected chi connectivity index (χ1v) is 8.67. The van der Waals surface area contributed by atoms with E-state index in [1.807, 2.05) is 70.6 Å². The fourth-order valence-corrected chi connectivity index (χ4v) is 2.71. The summed E-state index contributed by atoms with van der Waals surface area (Å²) in [5.41, 5.74) is 1.65. The highest BCUT2D eigenvalue weighted by Crippen LogP contribution is 2.29. The number of hydrazone groups is 1. The van der Waals surface area contributed by atoms with Crippen LogP contribution < -0.4 is 9.91 Å². The van der Waals surface area contributed by atoms with E-state index in [9.17, 15) is 4.79 Å². The SMILES string of the molecule is CC(=O)C1=NN(c2ccccc2)[C@H](C#CC(C)(C)C)N1c1ccccc1. The molecule has 0 fully saturated rings. The summed E-state index contributed by atoms with van der Waals surface area (Å²) >= 11 is 0. The van der Waals surface area contributed by atoms with Crippen LogP contribution >= 0.6 is 0 Å². The van der Waals surface area contributed by atoms with Crippen LogP contribution in [-0.4, -0.2) is 17.8 Å². The van der Waals surface area contributed by atoms with Crippen LogP contribution in [0.25, 0.3) is 0 Å². The van der Waals surface area contributed by atoms with Crippen LogP contribution in [0, 0.1) is 17.3 Å². The highest BCUT2D eigenvalue weighted by Gasteiger charge is 2.37. The number of amidine groups is 1. The fourth-order valence-electron chi connectivity index (χ4n) is 2.71. The average Bonchev–Trinajstić information content (AvgIpc) is 3.01. The van der Waals surface area contributed by atoms with Crippen LogP contribution in [0.4, 0.5) is 11.4 Å². The summed E-state index contributed by atoms with van der Waals surface area (Å²) in [7, 11) is 0. The summed E-state index contributed by atoms with van der Waals surface area (Å²) in [6.07, 6.45) is -0.377. The Bertz CT molecular complexity index is 870. The van der Waals surface area contributed by atoms with Gasteiger partial charge in [0.15, 0.2) is 17.8 Å². The third-order valence-electron chi connectivity index (χ3n) is 3.85. The number of ketones is 1. The lowest BCUT2D eigenvalue weighted by molar-refractivity contribution is -0.111. The molecule has 4 nitrogen and oxygen atoms in total. The molecule has 1 atom stereocenters. The zero-order valence-corrected chi connectivity index (χ0v) is 15.6. The molecule has 132 valence electrons. The normalized spacial score (nSPS) is 16.8. The van der Waals surface area contributed by atoms with Gasteiger partial charge in [-0.25, -0.2) is 5.01 Å². The van der Waals surface area contributed by atoms with Crippen LogP contribution in [0.1, 0.15) is 27.7 Å². The standard InChI is InChI=1S/C22H23N3O/c1-17(26)21-23-25(19-13-9-6-10-14-19)20(15-16-22(2,3)4)24(21)18-11-7-5-8-12-18/h5-14,20H,1-4H3/t20-/m1/s1. The van der Waals surface area contributed by atoms with Gasteiger partial charge in [-0.15, -0.1) is 5.10 Å². The average molecular weight is 345 g/mol. The van der Waals surface area contributed by atoms with Crippen molar-refractivity contribution in [1.29, 1.82) is 0 Å². The molecule has 0 aliphatic carbocycles. The number of hydrogen-bond donors (Lipinski definition) is 0. The highest BCUT2D eigenvalue weighted by molar-refractivity contribution is 6.44. The van der Waals surface area contributed by atoms with Gasteiger partial charge in [0.25, 0.3) is 0 Å². The molecule has 0 saturated heterocycles. The second-order valence-corrected chi connectivity index (χ2v) is 7.26. The van der Waals surface area contributed by atoms with Crippen molar-refractivity contribution in [2.24, 2.45) is 10.5 Å².